The lowest BCUT2D eigenvalue weighted by atomic mass is 10.0. The van der Waals surface area contributed by atoms with Crippen molar-refractivity contribution >= 4 is 44.4 Å². The van der Waals surface area contributed by atoms with Gasteiger partial charge in [0.05, 0.1) is 0 Å². The van der Waals surface area contributed by atoms with Gasteiger partial charge in [0.15, 0.2) is 0 Å². The van der Waals surface area contributed by atoms with Gasteiger partial charge >= 0.3 is 6.00 Å². The molecule has 2 aromatic carbocycles. The summed E-state index contributed by atoms with van der Waals surface area (Å²) in [6.45, 7) is 2.21. The summed E-state index contributed by atoms with van der Waals surface area (Å²) in [5, 5.41) is 0.825. The van der Waals surface area contributed by atoms with Gasteiger partial charge in [-0.15, -0.1) is 33.2 Å². The number of hydrogen-bond donors (Lipinski definition) is 0. The van der Waals surface area contributed by atoms with Crippen molar-refractivity contribution in [3.05, 3.63) is 54.1 Å². The van der Waals surface area contributed by atoms with Crippen LogP contribution in [0, 0.1) is 0 Å². The summed E-state index contributed by atoms with van der Waals surface area (Å²) in [5.74, 6) is 0. The van der Waals surface area contributed by atoms with Crippen molar-refractivity contribution in [1.82, 2.24) is 0 Å². The van der Waals surface area contributed by atoms with Gasteiger partial charge < -0.3 is 0 Å². The third-order valence-electron chi connectivity index (χ3n) is 3.32. The van der Waals surface area contributed by atoms with Gasteiger partial charge in [0.1, 0.15) is 0 Å². The minimum Gasteiger partial charge on any atom is -0.121 e. The van der Waals surface area contributed by atoms with Gasteiger partial charge in [-0.2, -0.15) is 0 Å². The van der Waals surface area contributed by atoms with Crippen LogP contribution in [-0.2, 0) is 6.42 Å². The first-order valence-electron chi connectivity index (χ1n) is 6.77. The van der Waals surface area contributed by atoms with Crippen molar-refractivity contribution in [2.45, 2.75) is 26.2 Å². The molecule has 2 aromatic rings. The maximum Gasteiger partial charge on any atom is 0.372 e. The lowest BCUT2D eigenvalue weighted by molar-refractivity contribution is 0.795. The first kappa shape index (κ1) is 15.9. The minimum atomic E-state index is -2.76. The van der Waals surface area contributed by atoms with Crippen LogP contribution in [0.1, 0.15) is 25.3 Å². The standard InChI is InChI=1S/C16H17Cl3Si/c1-2-3-4-13-5-7-14(8-6-13)15-9-11-16(12-10-15)20(17,18)19/h5-12H,2-4H2,1H3. The number of halogens is 3. The molecule has 0 heterocycles. The molecule has 4 heteroatoms. The summed E-state index contributed by atoms with van der Waals surface area (Å²) in [7, 11) is 0. The topological polar surface area (TPSA) is 0 Å². The van der Waals surface area contributed by atoms with Gasteiger partial charge in [0.25, 0.3) is 0 Å². The first-order valence-corrected chi connectivity index (χ1v) is 11.8. The van der Waals surface area contributed by atoms with E-state index in [2.05, 4.69) is 31.2 Å². The van der Waals surface area contributed by atoms with E-state index in [1.54, 1.807) is 0 Å². The fourth-order valence-electron chi connectivity index (χ4n) is 2.10. The Morgan fingerprint density at radius 2 is 1.30 bits per heavy atom. The van der Waals surface area contributed by atoms with E-state index in [4.69, 9.17) is 33.2 Å². The molecule has 0 radical (unpaired) electrons. The minimum absolute atomic E-state index is 0.825. The smallest absolute Gasteiger partial charge is 0.121 e. The Bertz CT molecular complexity index is 541. The third-order valence-corrected chi connectivity index (χ3v) is 6.27. The van der Waals surface area contributed by atoms with Gasteiger partial charge in [-0.05, 0) is 34.7 Å². The number of unbranched alkanes of at least 4 members (excludes halogenated alkanes) is 1. The van der Waals surface area contributed by atoms with Crippen molar-refractivity contribution in [3.8, 4) is 11.1 Å². The Hall–Kier alpha value is -0.473. The molecule has 0 aliphatic carbocycles. The number of benzene rings is 2. The fraction of sp³-hybridized carbons (Fsp3) is 0.250. The van der Waals surface area contributed by atoms with E-state index in [9.17, 15) is 0 Å². The molecule has 0 unspecified atom stereocenters. The molecule has 0 nitrogen and oxygen atoms in total. The molecular weight excluding hydrogens is 327 g/mol. The zero-order valence-electron chi connectivity index (χ0n) is 11.4. The second-order valence-electron chi connectivity index (χ2n) is 4.88. The predicted molar refractivity (Wildman–Crippen MR) is 93.4 cm³/mol. The zero-order valence-corrected chi connectivity index (χ0v) is 14.6. The predicted octanol–water partition coefficient (Wildman–Crippen LogP) is 5.56. The molecule has 2 rings (SSSR count). The second-order valence-corrected chi connectivity index (χ2v) is 13.3. The van der Waals surface area contributed by atoms with Gasteiger partial charge in [0, 0.05) is 0 Å². The summed E-state index contributed by atoms with van der Waals surface area (Å²) in [4.78, 5) is 0. The Kier molecular flexibility index (Phi) is 5.56. The van der Waals surface area contributed by atoms with Gasteiger partial charge in [-0.25, -0.2) is 0 Å². The van der Waals surface area contributed by atoms with E-state index in [-0.39, 0.29) is 0 Å². The van der Waals surface area contributed by atoms with Gasteiger partial charge in [-0.1, -0.05) is 61.9 Å². The summed E-state index contributed by atoms with van der Waals surface area (Å²) in [6.07, 6.45) is 3.61. The van der Waals surface area contributed by atoms with Crippen LogP contribution in [0.5, 0.6) is 0 Å². The van der Waals surface area contributed by atoms with Crippen LogP contribution in [0.25, 0.3) is 11.1 Å². The average molecular weight is 344 g/mol. The molecule has 0 spiro atoms. The average Bonchev–Trinajstić information content (AvgIpc) is 2.45. The van der Waals surface area contributed by atoms with E-state index in [0.29, 0.717) is 0 Å². The Labute approximate surface area is 135 Å². The van der Waals surface area contributed by atoms with Crippen LogP contribution in [-0.4, -0.2) is 6.00 Å². The van der Waals surface area contributed by atoms with Crippen LogP contribution in [0.2, 0.25) is 0 Å². The van der Waals surface area contributed by atoms with E-state index < -0.39 is 6.00 Å². The molecule has 0 fully saturated rings. The van der Waals surface area contributed by atoms with Crippen LogP contribution in [0.15, 0.2) is 48.5 Å². The molecule has 0 atom stereocenters. The maximum absolute atomic E-state index is 6.00. The molecule has 0 aliphatic heterocycles. The molecule has 0 bridgehead atoms. The second kappa shape index (κ2) is 6.99. The molecule has 0 amide bonds. The largest absolute Gasteiger partial charge is 0.372 e. The molecule has 0 aliphatic rings. The normalized spacial score (nSPS) is 11.6. The van der Waals surface area contributed by atoms with E-state index in [1.165, 1.54) is 24.0 Å². The van der Waals surface area contributed by atoms with Crippen molar-refractivity contribution in [2.75, 3.05) is 0 Å². The number of hydrogen-bond acceptors (Lipinski definition) is 0. The SMILES string of the molecule is CCCCc1ccc(-c2ccc([Si](Cl)(Cl)Cl)cc2)cc1. The van der Waals surface area contributed by atoms with Crippen LogP contribution >= 0.6 is 33.2 Å². The molecular formula is C16H17Cl3Si. The Balaban J connectivity index is 2.15. The number of aryl methyl sites for hydroxylation is 1. The molecule has 0 saturated heterocycles. The Morgan fingerprint density at radius 1 is 0.800 bits per heavy atom. The molecule has 106 valence electrons. The van der Waals surface area contributed by atoms with Gasteiger partial charge in [-0.3, -0.25) is 0 Å². The fourth-order valence-corrected chi connectivity index (χ4v) is 3.77. The highest BCUT2D eigenvalue weighted by atomic mass is 35.8. The zero-order chi connectivity index (χ0) is 14.6. The van der Waals surface area contributed by atoms with E-state index >= 15 is 0 Å². The van der Waals surface area contributed by atoms with Crippen molar-refractivity contribution in [3.63, 3.8) is 0 Å². The Morgan fingerprint density at radius 3 is 1.75 bits per heavy atom. The van der Waals surface area contributed by atoms with Gasteiger partial charge in [0.2, 0.25) is 0 Å². The van der Waals surface area contributed by atoms with Crippen LogP contribution in [0.4, 0.5) is 0 Å². The summed E-state index contributed by atoms with van der Waals surface area (Å²) >= 11 is 18.0. The molecule has 0 aromatic heterocycles. The highest BCUT2D eigenvalue weighted by molar-refractivity contribution is 7.69. The molecule has 20 heavy (non-hydrogen) atoms. The third kappa shape index (κ3) is 4.26. The first-order chi connectivity index (χ1) is 9.50. The maximum atomic E-state index is 6.00. The van der Waals surface area contributed by atoms with Crippen molar-refractivity contribution in [2.24, 2.45) is 0 Å². The van der Waals surface area contributed by atoms with Crippen molar-refractivity contribution < 1.29 is 0 Å². The summed E-state index contributed by atoms with van der Waals surface area (Å²) in [5.41, 5.74) is 3.74. The molecule has 0 N–H and O–H groups in total. The lowest BCUT2D eigenvalue weighted by Crippen LogP contribution is -2.29. The monoisotopic (exact) mass is 342 g/mol. The summed E-state index contributed by atoms with van der Waals surface area (Å²) < 4.78 is 0. The van der Waals surface area contributed by atoms with Crippen LogP contribution < -0.4 is 5.19 Å². The summed E-state index contributed by atoms with van der Waals surface area (Å²) in [6, 6.07) is 13.8. The van der Waals surface area contributed by atoms with Crippen LogP contribution in [0.3, 0.4) is 0 Å². The van der Waals surface area contributed by atoms with E-state index in [1.807, 2.05) is 24.3 Å². The molecule has 0 saturated carbocycles. The van der Waals surface area contributed by atoms with Crippen molar-refractivity contribution in [1.29, 1.82) is 0 Å². The quantitative estimate of drug-likeness (QED) is 0.492. The van der Waals surface area contributed by atoms with E-state index in [0.717, 1.165) is 17.2 Å². The lowest BCUT2D eigenvalue weighted by Gasteiger charge is -2.09. The highest BCUT2D eigenvalue weighted by Crippen LogP contribution is 2.23. The number of rotatable bonds is 5. The highest BCUT2D eigenvalue weighted by Gasteiger charge is 2.27.